The maximum absolute atomic E-state index is 13.5. The predicted molar refractivity (Wildman–Crippen MR) is 116 cm³/mol. The molecule has 3 amide bonds. The van der Waals surface area contributed by atoms with Crippen molar-refractivity contribution in [1.82, 2.24) is 15.1 Å². The normalized spacial score (nSPS) is 17.2. The number of carbonyl (C=O) groups excluding carboxylic acids is 2. The van der Waals surface area contributed by atoms with Crippen LogP contribution in [0.4, 0.5) is 4.79 Å². The molecule has 2 aromatic carbocycles. The zero-order valence-corrected chi connectivity index (χ0v) is 17.7. The first-order valence-corrected chi connectivity index (χ1v) is 9.90. The molecule has 2 heterocycles. The number of imide groups is 1. The summed E-state index contributed by atoms with van der Waals surface area (Å²) in [6.45, 7) is 1.85. The van der Waals surface area contributed by atoms with Crippen molar-refractivity contribution in [3.63, 3.8) is 0 Å². The van der Waals surface area contributed by atoms with Crippen molar-refractivity contribution in [2.75, 3.05) is 13.1 Å². The molecule has 4 rings (SSSR count). The van der Waals surface area contributed by atoms with Crippen LogP contribution >= 0.6 is 12.4 Å². The van der Waals surface area contributed by atoms with E-state index >= 15 is 0 Å². The number of piperidine rings is 1. The third-order valence-corrected chi connectivity index (χ3v) is 5.90. The summed E-state index contributed by atoms with van der Waals surface area (Å²) < 4.78 is 0. The van der Waals surface area contributed by atoms with Gasteiger partial charge in [0.15, 0.2) is 0 Å². The molecular formula is C23H22ClN5O2. The Kier molecular flexibility index (Phi) is 6.60. The van der Waals surface area contributed by atoms with Crippen LogP contribution in [0.5, 0.6) is 0 Å². The summed E-state index contributed by atoms with van der Waals surface area (Å²) in [5, 5.41) is 21.2. The minimum absolute atomic E-state index is 0. The fourth-order valence-corrected chi connectivity index (χ4v) is 4.20. The number of halogens is 1. The van der Waals surface area contributed by atoms with E-state index in [1.54, 1.807) is 41.3 Å². The molecule has 2 saturated heterocycles. The molecule has 1 spiro atoms. The Bertz CT molecular complexity index is 1050. The van der Waals surface area contributed by atoms with E-state index in [-0.39, 0.29) is 30.9 Å². The molecule has 7 nitrogen and oxygen atoms in total. The lowest BCUT2D eigenvalue weighted by Gasteiger charge is -2.38. The Labute approximate surface area is 187 Å². The van der Waals surface area contributed by atoms with Crippen molar-refractivity contribution in [3.05, 3.63) is 70.8 Å². The summed E-state index contributed by atoms with van der Waals surface area (Å²) in [5.41, 5.74) is 1.94. The van der Waals surface area contributed by atoms with Crippen LogP contribution in [0.25, 0.3) is 0 Å². The van der Waals surface area contributed by atoms with E-state index in [1.807, 2.05) is 12.1 Å². The monoisotopic (exact) mass is 435 g/mol. The Morgan fingerprint density at radius 1 is 0.839 bits per heavy atom. The highest BCUT2D eigenvalue weighted by molar-refractivity contribution is 6.07. The van der Waals surface area contributed by atoms with Gasteiger partial charge in [0, 0.05) is 6.54 Å². The van der Waals surface area contributed by atoms with Gasteiger partial charge in [0.2, 0.25) is 0 Å². The predicted octanol–water partition coefficient (Wildman–Crippen LogP) is 2.94. The summed E-state index contributed by atoms with van der Waals surface area (Å²) in [7, 11) is 0. The summed E-state index contributed by atoms with van der Waals surface area (Å²) in [6, 6.07) is 17.9. The van der Waals surface area contributed by atoms with Crippen molar-refractivity contribution in [2.45, 2.75) is 31.5 Å². The van der Waals surface area contributed by atoms with Crippen LogP contribution < -0.4 is 5.32 Å². The second kappa shape index (κ2) is 9.18. The Hall–Kier alpha value is -3.39. The highest BCUT2D eigenvalue weighted by atomic mass is 35.5. The van der Waals surface area contributed by atoms with Crippen LogP contribution in [0.2, 0.25) is 0 Å². The molecule has 0 aliphatic carbocycles. The van der Waals surface area contributed by atoms with Crippen molar-refractivity contribution >= 4 is 24.3 Å². The van der Waals surface area contributed by atoms with E-state index in [4.69, 9.17) is 10.5 Å². The molecule has 1 N–H and O–H groups in total. The second-order valence-corrected chi connectivity index (χ2v) is 7.66. The molecule has 2 aromatic rings. The summed E-state index contributed by atoms with van der Waals surface area (Å²) in [6.07, 6.45) is 1.13. The molecule has 0 bridgehead atoms. The minimum Gasteiger partial charge on any atom is -0.317 e. The van der Waals surface area contributed by atoms with Crippen LogP contribution in [0, 0.1) is 22.7 Å². The zero-order chi connectivity index (χ0) is 21.1. The highest BCUT2D eigenvalue weighted by Gasteiger charge is 2.57. The van der Waals surface area contributed by atoms with E-state index in [0.717, 1.165) is 11.1 Å². The number of nitriles is 2. The van der Waals surface area contributed by atoms with Gasteiger partial charge in [0.1, 0.15) is 5.54 Å². The zero-order valence-electron chi connectivity index (χ0n) is 16.9. The van der Waals surface area contributed by atoms with Crippen LogP contribution in [0.15, 0.2) is 48.5 Å². The Morgan fingerprint density at radius 3 is 1.81 bits per heavy atom. The number of nitrogens with one attached hydrogen (secondary N) is 1. The Balaban J connectivity index is 0.00000272. The van der Waals surface area contributed by atoms with E-state index in [2.05, 4.69) is 17.5 Å². The van der Waals surface area contributed by atoms with Crippen LogP contribution in [0.1, 0.15) is 35.1 Å². The molecule has 0 radical (unpaired) electrons. The van der Waals surface area contributed by atoms with Gasteiger partial charge >= 0.3 is 6.03 Å². The number of urea groups is 1. The van der Waals surface area contributed by atoms with Crippen molar-refractivity contribution < 1.29 is 9.59 Å². The average molecular weight is 436 g/mol. The van der Waals surface area contributed by atoms with E-state index in [1.165, 1.54) is 4.90 Å². The summed E-state index contributed by atoms with van der Waals surface area (Å²) >= 11 is 0. The third kappa shape index (κ3) is 4.11. The van der Waals surface area contributed by atoms with Crippen LogP contribution in [0.3, 0.4) is 0 Å². The lowest BCUT2D eigenvalue weighted by molar-refractivity contribution is -0.135. The Morgan fingerprint density at radius 2 is 1.32 bits per heavy atom. The fraction of sp³-hybridized carbons (Fsp3) is 0.304. The average Bonchev–Trinajstić information content (AvgIpc) is 2.97. The smallest absolute Gasteiger partial charge is 0.317 e. The van der Waals surface area contributed by atoms with Gasteiger partial charge in [-0.25, -0.2) is 4.79 Å². The van der Waals surface area contributed by atoms with Gasteiger partial charge in [-0.1, -0.05) is 24.3 Å². The second-order valence-electron chi connectivity index (χ2n) is 7.66. The molecule has 2 fully saturated rings. The maximum Gasteiger partial charge on any atom is 0.328 e. The highest BCUT2D eigenvalue weighted by Crippen LogP contribution is 2.37. The fourth-order valence-electron chi connectivity index (χ4n) is 4.20. The van der Waals surface area contributed by atoms with Gasteiger partial charge in [-0.05, 0) is 61.3 Å². The molecule has 0 saturated carbocycles. The standard InChI is InChI=1S/C23H21N5O2.ClH/c24-13-17-1-5-19(6-2-17)15-27-21(29)23(9-11-26-12-10-23)28(22(27)30)16-20-7-3-18(14-25)4-8-20;/h1-8,26H,9-12,15-16H2;1H. The molecule has 8 heteroatoms. The van der Waals surface area contributed by atoms with E-state index < -0.39 is 5.54 Å². The number of amides is 3. The summed E-state index contributed by atoms with van der Waals surface area (Å²) in [5.74, 6) is -0.160. The number of hydrogen-bond donors (Lipinski definition) is 1. The molecule has 2 aliphatic rings. The number of benzene rings is 2. The van der Waals surface area contributed by atoms with Crippen LogP contribution in [-0.4, -0.2) is 40.4 Å². The number of nitrogens with zero attached hydrogens (tertiary/aromatic N) is 4. The van der Waals surface area contributed by atoms with Gasteiger partial charge in [-0.15, -0.1) is 12.4 Å². The molecule has 158 valence electrons. The quantitative estimate of drug-likeness (QED) is 0.744. The van der Waals surface area contributed by atoms with Gasteiger partial charge in [-0.2, -0.15) is 10.5 Å². The molecule has 0 aromatic heterocycles. The van der Waals surface area contributed by atoms with Gasteiger partial charge in [0.25, 0.3) is 5.91 Å². The first-order valence-electron chi connectivity index (χ1n) is 9.90. The largest absolute Gasteiger partial charge is 0.328 e. The number of carbonyl (C=O) groups is 2. The van der Waals surface area contributed by atoms with Crippen molar-refractivity contribution in [2.24, 2.45) is 0 Å². The number of hydrogen-bond acceptors (Lipinski definition) is 5. The van der Waals surface area contributed by atoms with E-state index in [0.29, 0.717) is 43.6 Å². The molecule has 0 unspecified atom stereocenters. The molecular weight excluding hydrogens is 414 g/mol. The topological polar surface area (TPSA) is 100 Å². The van der Waals surface area contributed by atoms with Crippen molar-refractivity contribution in [1.29, 1.82) is 10.5 Å². The third-order valence-electron chi connectivity index (χ3n) is 5.90. The van der Waals surface area contributed by atoms with Gasteiger partial charge in [0.05, 0.1) is 29.8 Å². The summed E-state index contributed by atoms with van der Waals surface area (Å²) in [4.78, 5) is 29.8. The van der Waals surface area contributed by atoms with Gasteiger partial charge in [-0.3, -0.25) is 9.69 Å². The molecule has 2 aliphatic heterocycles. The minimum atomic E-state index is -0.844. The molecule has 0 atom stereocenters. The van der Waals surface area contributed by atoms with Crippen LogP contribution in [-0.2, 0) is 17.9 Å². The number of rotatable bonds is 4. The maximum atomic E-state index is 13.5. The SMILES string of the molecule is Cl.N#Cc1ccc(CN2C(=O)N(Cc3ccc(C#N)cc3)C3(CCNCC3)C2=O)cc1. The van der Waals surface area contributed by atoms with E-state index in [9.17, 15) is 9.59 Å². The first kappa shape index (κ1) is 22.3. The first-order chi connectivity index (χ1) is 14.6. The molecule has 31 heavy (non-hydrogen) atoms. The van der Waals surface area contributed by atoms with Gasteiger partial charge < -0.3 is 10.2 Å². The lowest BCUT2D eigenvalue weighted by atomic mass is 9.86. The lowest BCUT2D eigenvalue weighted by Crippen LogP contribution is -2.55. The van der Waals surface area contributed by atoms with Crippen molar-refractivity contribution in [3.8, 4) is 12.1 Å².